The number of rotatable bonds is 7. The van der Waals surface area contributed by atoms with Crippen molar-refractivity contribution in [2.24, 2.45) is 7.05 Å². The number of nitrogens with one attached hydrogen (secondary N) is 1. The number of hydrogen-bond donors (Lipinski definition) is 2. The third kappa shape index (κ3) is 4.47. The van der Waals surface area contributed by atoms with Crippen LogP contribution in [-0.4, -0.2) is 36.5 Å². The minimum Gasteiger partial charge on any atom is -0.476 e. The molecule has 0 radical (unpaired) electrons. The third-order valence-corrected chi connectivity index (χ3v) is 5.21. The fourth-order valence-electron chi connectivity index (χ4n) is 3.58. The smallest absolute Gasteiger partial charge is 0.357 e. The number of carbonyl (C=O) groups is 2. The molecule has 2 aromatic heterocycles. The number of nitrogens with zero attached hydrogens (tertiary/aromatic N) is 4. The number of carboxylic acids is 1. The molecule has 0 saturated heterocycles. The minimum absolute atomic E-state index is 0.0235. The Labute approximate surface area is 190 Å². The van der Waals surface area contributed by atoms with Crippen LogP contribution >= 0.6 is 0 Å². The van der Waals surface area contributed by atoms with Crippen LogP contribution in [0.3, 0.4) is 0 Å². The number of anilines is 1. The number of benzene rings is 2. The van der Waals surface area contributed by atoms with Gasteiger partial charge in [0.2, 0.25) is 0 Å². The van der Waals surface area contributed by atoms with E-state index < -0.39 is 11.9 Å². The first kappa shape index (κ1) is 21.8. The fraction of sp³-hybridized carbons (Fsp3) is 0.167. The van der Waals surface area contributed by atoms with Crippen LogP contribution in [-0.2, 0) is 13.8 Å². The lowest BCUT2D eigenvalue weighted by molar-refractivity contribution is 0.0685. The lowest BCUT2D eigenvalue weighted by Gasteiger charge is -2.13. The van der Waals surface area contributed by atoms with E-state index in [1.54, 1.807) is 18.7 Å². The van der Waals surface area contributed by atoms with Gasteiger partial charge in [-0.3, -0.25) is 9.48 Å². The molecule has 0 atom stereocenters. The zero-order valence-corrected chi connectivity index (χ0v) is 18.4. The van der Waals surface area contributed by atoms with Crippen molar-refractivity contribution in [2.45, 2.75) is 20.6 Å². The topological polar surface area (TPSA) is 111 Å². The highest BCUT2D eigenvalue weighted by molar-refractivity contribution is 6.10. The second-order valence-electron chi connectivity index (χ2n) is 7.51. The summed E-state index contributed by atoms with van der Waals surface area (Å²) in [4.78, 5) is 24.1. The molecular formula is C24H23N5O4. The molecule has 9 heteroatoms. The average Bonchev–Trinajstić information content (AvgIpc) is 3.33. The number of carboxylic acid groups (broad SMARTS) is 1. The third-order valence-electron chi connectivity index (χ3n) is 5.21. The molecule has 2 aromatic carbocycles. The van der Waals surface area contributed by atoms with Crippen molar-refractivity contribution in [1.82, 2.24) is 19.6 Å². The molecular weight excluding hydrogens is 422 g/mol. The number of aromatic nitrogens is 4. The van der Waals surface area contributed by atoms with Crippen LogP contribution in [0, 0.1) is 13.8 Å². The molecule has 33 heavy (non-hydrogen) atoms. The van der Waals surface area contributed by atoms with Crippen molar-refractivity contribution in [3.05, 3.63) is 83.4 Å². The molecule has 0 fully saturated rings. The molecule has 4 aromatic rings. The van der Waals surface area contributed by atoms with Crippen LogP contribution in [0.25, 0.3) is 11.1 Å². The van der Waals surface area contributed by atoms with Crippen molar-refractivity contribution in [1.29, 1.82) is 0 Å². The molecule has 0 aliphatic heterocycles. The lowest BCUT2D eigenvalue weighted by atomic mass is 10.1. The summed E-state index contributed by atoms with van der Waals surface area (Å²) in [5.41, 5.74) is 3.44. The predicted octanol–water partition coefficient (Wildman–Crippen LogP) is 3.89. The quantitative estimate of drug-likeness (QED) is 0.446. The summed E-state index contributed by atoms with van der Waals surface area (Å²) in [5.74, 6) is -1.12. The molecule has 4 rings (SSSR count). The zero-order valence-electron chi connectivity index (χ0n) is 18.4. The van der Waals surface area contributed by atoms with E-state index >= 15 is 0 Å². The normalized spacial score (nSPS) is 10.8. The van der Waals surface area contributed by atoms with Gasteiger partial charge < -0.3 is 15.2 Å². The highest BCUT2D eigenvalue weighted by Crippen LogP contribution is 2.30. The average molecular weight is 445 g/mol. The van der Waals surface area contributed by atoms with Gasteiger partial charge in [0.05, 0.1) is 22.6 Å². The second-order valence-corrected chi connectivity index (χ2v) is 7.51. The monoisotopic (exact) mass is 445 g/mol. The Hall–Kier alpha value is -4.40. The van der Waals surface area contributed by atoms with E-state index in [2.05, 4.69) is 15.5 Å². The summed E-state index contributed by atoms with van der Waals surface area (Å²) >= 11 is 0. The number of aryl methyl sites for hydroxylation is 2. The van der Waals surface area contributed by atoms with Crippen LogP contribution in [0.4, 0.5) is 5.69 Å². The van der Waals surface area contributed by atoms with Gasteiger partial charge in [0, 0.05) is 18.8 Å². The standard InChI is InChI=1S/C24H23N5O4/c1-15-21(25-23(30)19-13-28(3)27-22(19)24(31)32)16(2)29(26-15)14-33-20-12-8-7-11-18(20)17-9-5-4-6-10-17/h4-13H,14H2,1-3H3,(H,25,30)(H,31,32). The molecule has 0 spiro atoms. The van der Waals surface area contributed by atoms with Crippen molar-refractivity contribution in [3.63, 3.8) is 0 Å². The number of aromatic carboxylic acids is 1. The SMILES string of the molecule is Cc1nn(COc2ccccc2-c2ccccc2)c(C)c1NC(=O)c1cn(C)nc1C(=O)O. The Kier molecular flexibility index (Phi) is 5.95. The Morgan fingerprint density at radius 2 is 1.73 bits per heavy atom. The van der Waals surface area contributed by atoms with E-state index in [1.807, 2.05) is 61.5 Å². The second kappa shape index (κ2) is 8.99. The van der Waals surface area contributed by atoms with Crippen molar-refractivity contribution >= 4 is 17.6 Å². The van der Waals surface area contributed by atoms with Gasteiger partial charge in [0.15, 0.2) is 12.4 Å². The van der Waals surface area contributed by atoms with Crippen LogP contribution in [0.2, 0.25) is 0 Å². The van der Waals surface area contributed by atoms with Gasteiger partial charge in [0.1, 0.15) is 5.75 Å². The maximum Gasteiger partial charge on any atom is 0.357 e. The van der Waals surface area contributed by atoms with Crippen molar-refractivity contribution in [2.75, 3.05) is 5.32 Å². The number of ether oxygens (including phenoxy) is 1. The van der Waals surface area contributed by atoms with Gasteiger partial charge >= 0.3 is 5.97 Å². The Bertz CT molecular complexity index is 1320. The van der Waals surface area contributed by atoms with Crippen LogP contribution in [0.1, 0.15) is 32.2 Å². The zero-order chi connectivity index (χ0) is 23.5. The van der Waals surface area contributed by atoms with Gasteiger partial charge in [-0.25, -0.2) is 9.48 Å². The fourth-order valence-corrected chi connectivity index (χ4v) is 3.58. The molecule has 0 unspecified atom stereocenters. The summed E-state index contributed by atoms with van der Waals surface area (Å²) in [6, 6.07) is 17.7. The summed E-state index contributed by atoms with van der Waals surface area (Å²) in [7, 11) is 1.56. The maximum atomic E-state index is 12.8. The first-order valence-electron chi connectivity index (χ1n) is 10.2. The number of carbonyl (C=O) groups excluding carboxylic acids is 1. The number of para-hydroxylation sites is 1. The van der Waals surface area contributed by atoms with Gasteiger partial charge in [-0.15, -0.1) is 0 Å². The summed E-state index contributed by atoms with van der Waals surface area (Å²) in [6.07, 6.45) is 1.37. The Balaban J connectivity index is 1.54. The van der Waals surface area contributed by atoms with Gasteiger partial charge in [0.25, 0.3) is 5.91 Å². The van der Waals surface area contributed by atoms with E-state index in [1.165, 1.54) is 10.9 Å². The lowest BCUT2D eigenvalue weighted by Crippen LogP contribution is -2.16. The molecule has 0 aliphatic carbocycles. The Morgan fingerprint density at radius 1 is 1.03 bits per heavy atom. The molecule has 0 aliphatic rings. The molecule has 168 valence electrons. The van der Waals surface area contributed by atoms with E-state index in [9.17, 15) is 14.7 Å². The van der Waals surface area contributed by atoms with Crippen LogP contribution in [0.5, 0.6) is 5.75 Å². The molecule has 0 saturated carbocycles. The van der Waals surface area contributed by atoms with Gasteiger partial charge in [-0.2, -0.15) is 10.2 Å². The predicted molar refractivity (Wildman–Crippen MR) is 122 cm³/mol. The van der Waals surface area contributed by atoms with E-state index in [0.29, 0.717) is 22.8 Å². The first-order chi connectivity index (χ1) is 15.8. The van der Waals surface area contributed by atoms with E-state index in [-0.39, 0.29) is 18.0 Å². The highest BCUT2D eigenvalue weighted by Gasteiger charge is 2.23. The van der Waals surface area contributed by atoms with E-state index in [0.717, 1.165) is 11.1 Å². The van der Waals surface area contributed by atoms with Gasteiger partial charge in [-0.05, 0) is 25.5 Å². The Morgan fingerprint density at radius 3 is 2.45 bits per heavy atom. The van der Waals surface area contributed by atoms with Crippen molar-refractivity contribution in [3.8, 4) is 16.9 Å². The molecule has 0 bridgehead atoms. The largest absolute Gasteiger partial charge is 0.476 e. The summed E-state index contributed by atoms with van der Waals surface area (Å²) in [5, 5.41) is 20.4. The number of hydrogen-bond acceptors (Lipinski definition) is 5. The van der Waals surface area contributed by atoms with Crippen LogP contribution in [0.15, 0.2) is 60.8 Å². The summed E-state index contributed by atoms with van der Waals surface area (Å²) in [6.45, 7) is 3.71. The van der Waals surface area contributed by atoms with E-state index in [4.69, 9.17) is 4.74 Å². The van der Waals surface area contributed by atoms with Gasteiger partial charge in [-0.1, -0.05) is 48.5 Å². The summed E-state index contributed by atoms with van der Waals surface area (Å²) < 4.78 is 9.01. The van der Waals surface area contributed by atoms with Crippen LogP contribution < -0.4 is 10.1 Å². The molecule has 1 amide bonds. The molecule has 9 nitrogen and oxygen atoms in total. The van der Waals surface area contributed by atoms with Crippen molar-refractivity contribution < 1.29 is 19.4 Å². The first-order valence-corrected chi connectivity index (χ1v) is 10.2. The minimum atomic E-state index is -1.27. The highest BCUT2D eigenvalue weighted by atomic mass is 16.5. The maximum absolute atomic E-state index is 12.8. The molecule has 2 heterocycles. The molecule has 2 N–H and O–H groups in total. The number of amides is 1.